The average Bonchev–Trinajstić information content (AvgIpc) is 3.29. The summed E-state index contributed by atoms with van der Waals surface area (Å²) < 4.78 is 0. The van der Waals surface area contributed by atoms with Crippen LogP contribution in [0.5, 0.6) is 0 Å². The third kappa shape index (κ3) is 8.41. The Morgan fingerprint density at radius 2 is 0.656 bits per heavy atom. The summed E-state index contributed by atoms with van der Waals surface area (Å²) in [6, 6.07) is 61.1. The van der Waals surface area contributed by atoms with E-state index in [0.29, 0.717) is 0 Å². The summed E-state index contributed by atoms with van der Waals surface area (Å²) in [5, 5.41) is 0. The van der Waals surface area contributed by atoms with Crippen molar-refractivity contribution in [1.29, 1.82) is 0 Å². The zero-order valence-electron chi connectivity index (χ0n) is 37.4. The van der Waals surface area contributed by atoms with Crippen LogP contribution < -0.4 is 9.80 Å². The van der Waals surface area contributed by atoms with E-state index in [0.717, 1.165) is 29.9 Å². The third-order valence-corrected chi connectivity index (χ3v) is 12.9. The molecule has 8 aromatic carbocycles. The number of benzene rings is 8. The molecule has 0 saturated heterocycles. The Morgan fingerprint density at radius 3 is 1.10 bits per heavy atom. The molecule has 8 rings (SSSR count). The molecule has 0 unspecified atom stereocenters. The molecule has 0 bridgehead atoms. The first-order chi connectivity index (χ1) is 29.5. The number of hydrogen-bond donors (Lipinski definition) is 0. The molecule has 304 valence electrons. The summed E-state index contributed by atoms with van der Waals surface area (Å²) in [4.78, 5) is 4.84. The van der Waals surface area contributed by atoms with E-state index in [1.165, 1.54) is 101 Å². The Bertz CT molecular complexity index is 2810. The molecular weight excluding hydrogens is 737 g/mol. The summed E-state index contributed by atoms with van der Waals surface area (Å²) in [7, 11) is 0. The highest BCUT2D eigenvalue weighted by atomic mass is 15.2. The summed E-state index contributed by atoms with van der Waals surface area (Å²) in [6.07, 6.45) is 2.09. The average molecular weight is 795 g/mol. The van der Waals surface area contributed by atoms with E-state index in [-0.39, 0.29) is 0 Å². The molecule has 2 heteroatoms. The minimum Gasteiger partial charge on any atom is -0.310 e. The van der Waals surface area contributed by atoms with Crippen molar-refractivity contribution < 1.29 is 0 Å². The second-order valence-electron chi connectivity index (χ2n) is 16.8. The maximum Gasteiger partial charge on any atom is 0.0493 e. The molecule has 61 heavy (non-hydrogen) atoms. The zero-order chi connectivity index (χ0) is 42.8. The van der Waals surface area contributed by atoms with Crippen LogP contribution in [0.15, 0.2) is 164 Å². The van der Waals surface area contributed by atoms with Gasteiger partial charge < -0.3 is 9.80 Å². The Kier molecular flexibility index (Phi) is 11.8. The monoisotopic (exact) mass is 794 g/mol. The number of hydrogen-bond acceptors (Lipinski definition) is 2. The lowest BCUT2D eigenvalue weighted by Gasteiger charge is -2.30. The predicted molar refractivity (Wildman–Crippen MR) is 264 cm³/mol. The highest BCUT2D eigenvalue weighted by molar-refractivity contribution is 5.85. The van der Waals surface area contributed by atoms with Gasteiger partial charge in [0.05, 0.1) is 0 Å². The summed E-state index contributed by atoms with van der Waals surface area (Å²) in [5.41, 5.74) is 26.0. The first kappa shape index (κ1) is 41.1. The fraction of sp³-hybridized carbons (Fsp3) is 0.186. The van der Waals surface area contributed by atoms with Gasteiger partial charge in [-0.15, -0.1) is 0 Å². The number of aryl methyl sites for hydroxylation is 7. The molecule has 2 nitrogen and oxygen atoms in total. The van der Waals surface area contributed by atoms with Crippen molar-refractivity contribution >= 4 is 34.1 Å². The van der Waals surface area contributed by atoms with Gasteiger partial charge in [-0.2, -0.15) is 0 Å². The largest absolute Gasteiger partial charge is 0.310 e. The van der Waals surface area contributed by atoms with Crippen LogP contribution in [0.25, 0.3) is 33.4 Å². The Hall–Kier alpha value is -6.64. The standard InChI is InChI=1S/C59H58N2/c1-10-46-14-18-48(19-15-46)50-22-29-54(30-23-50)60(56-28-12-39(3)41(5)38-56)57-34-26-52(36-42(57)6)53-27-35-58(43(7)37-53)61(59-33-13-40(4)44(8)45(59)9)55-31-24-51(25-32-55)49-20-16-47(11-2)17-21-49/h12-38H,10-11H2,1-9H3. The first-order valence-corrected chi connectivity index (χ1v) is 21.9. The van der Waals surface area contributed by atoms with Gasteiger partial charge >= 0.3 is 0 Å². The number of anilines is 6. The highest BCUT2D eigenvalue weighted by Gasteiger charge is 2.20. The maximum absolute atomic E-state index is 2.44. The van der Waals surface area contributed by atoms with Crippen molar-refractivity contribution in [2.24, 2.45) is 0 Å². The Labute approximate surface area is 364 Å². The summed E-state index contributed by atoms with van der Waals surface area (Å²) in [5.74, 6) is 0. The quantitative estimate of drug-likeness (QED) is 0.129. The van der Waals surface area contributed by atoms with Gasteiger partial charge in [0, 0.05) is 34.1 Å². The van der Waals surface area contributed by atoms with E-state index in [1.54, 1.807) is 0 Å². The SMILES string of the molecule is CCc1ccc(-c2ccc(N(c3ccc(C)c(C)c3)c3ccc(-c4ccc(N(c5ccc(-c6ccc(CC)cc6)cc5)c5ccc(C)c(C)c5C)c(C)c4)cc3C)cc2)cc1. The molecule has 8 aromatic rings. The van der Waals surface area contributed by atoms with E-state index in [9.17, 15) is 0 Å². The highest BCUT2D eigenvalue weighted by Crippen LogP contribution is 2.43. The topological polar surface area (TPSA) is 6.48 Å². The van der Waals surface area contributed by atoms with Crippen LogP contribution in [0.1, 0.15) is 63.9 Å². The maximum atomic E-state index is 2.44. The van der Waals surface area contributed by atoms with Crippen molar-refractivity contribution in [2.75, 3.05) is 9.80 Å². The Morgan fingerprint density at radius 1 is 0.279 bits per heavy atom. The first-order valence-electron chi connectivity index (χ1n) is 21.9. The molecule has 0 aromatic heterocycles. The van der Waals surface area contributed by atoms with Crippen LogP contribution in [-0.2, 0) is 12.8 Å². The number of nitrogens with zero attached hydrogens (tertiary/aromatic N) is 2. The van der Waals surface area contributed by atoms with Gasteiger partial charge in [0.1, 0.15) is 0 Å². The summed E-state index contributed by atoms with van der Waals surface area (Å²) >= 11 is 0. The minimum atomic E-state index is 1.05. The molecule has 0 heterocycles. The number of rotatable bonds is 11. The molecular formula is C59H58N2. The van der Waals surface area contributed by atoms with Gasteiger partial charge in [0.15, 0.2) is 0 Å². The van der Waals surface area contributed by atoms with E-state index in [1.807, 2.05) is 0 Å². The molecule has 0 aliphatic carbocycles. The molecule has 0 N–H and O–H groups in total. The van der Waals surface area contributed by atoms with Gasteiger partial charge in [-0.3, -0.25) is 0 Å². The fourth-order valence-electron chi connectivity index (χ4n) is 8.53. The van der Waals surface area contributed by atoms with Gasteiger partial charge in [-0.25, -0.2) is 0 Å². The minimum absolute atomic E-state index is 1.05. The third-order valence-electron chi connectivity index (χ3n) is 12.9. The molecule has 0 spiro atoms. The van der Waals surface area contributed by atoms with Crippen LogP contribution in [-0.4, -0.2) is 0 Å². The van der Waals surface area contributed by atoms with Gasteiger partial charge in [0.2, 0.25) is 0 Å². The van der Waals surface area contributed by atoms with E-state index in [2.05, 4.69) is 236 Å². The van der Waals surface area contributed by atoms with Crippen molar-refractivity contribution in [3.63, 3.8) is 0 Å². The lowest BCUT2D eigenvalue weighted by Crippen LogP contribution is -2.13. The molecule has 0 atom stereocenters. The van der Waals surface area contributed by atoms with Crippen LogP contribution >= 0.6 is 0 Å². The van der Waals surface area contributed by atoms with Crippen molar-refractivity contribution in [3.05, 3.63) is 214 Å². The molecule has 0 radical (unpaired) electrons. The van der Waals surface area contributed by atoms with Crippen molar-refractivity contribution in [2.45, 2.75) is 75.2 Å². The normalized spacial score (nSPS) is 11.2. The van der Waals surface area contributed by atoms with Crippen LogP contribution in [0.4, 0.5) is 34.1 Å². The smallest absolute Gasteiger partial charge is 0.0493 e. The Balaban J connectivity index is 1.15. The van der Waals surface area contributed by atoms with Crippen LogP contribution in [0, 0.1) is 48.5 Å². The van der Waals surface area contributed by atoms with Gasteiger partial charge in [-0.05, 0) is 211 Å². The predicted octanol–water partition coefficient (Wildman–Crippen LogP) is 16.9. The molecule has 0 fully saturated rings. The molecule has 0 amide bonds. The lowest BCUT2D eigenvalue weighted by atomic mass is 9.97. The van der Waals surface area contributed by atoms with Gasteiger partial charge in [0.25, 0.3) is 0 Å². The van der Waals surface area contributed by atoms with E-state index >= 15 is 0 Å². The molecule has 0 aliphatic heterocycles. The van der Waals surface area contributed by atoms with Gasteiger partial charge in [-0.1, -0.05) is 111 Å². The lowest BCUT2D eigenvalue weighted by molar-refractivity contribution is 1.14. The zero-order valence-corrected chi connectivity index (χ0v) is 37.4. The van der Waals surface area contributed by atoms with Crippen molar-refractivity contribution in [1.82, 2.24) is 0 Å². The van der Waals surface area contributed by atoms with E-state index < -0.39 is 0 Å². The molecule has 0 saturated carbocycles. The van der Waals surface area contributed by atoms with Crippen LogP contribution in [0.2, 0.25) is 0 Å². The van der Waals surface area contributed by atoms with E-state index in [4.69, 9.17) is 0 Å². The van der Waals surface area contributed by atoms with Crippen LogP contribution in [0.3, 0.4) is 0 Å². The fourth-order valence-corrected chi connectivity index (χ4v) is 8.53. The second kappa shape index (κ2) is 17.5. The molecule has 0 aliphatic rings. The summed E-state index contributed by atoms with van der Waals surface area (Å²) in [6.45, 7) is 20.0. The van der Waals surface area contributed by atoms with Crippen molar-refractivity contribution in [3.8, 4) is 33.4 Å². The second-order valence-corrected chi connectivity index (χ2v) is 16.8.